The molecular weight excluding hydrogens is 234 g/mol. The summed E-state index contributed by atoms with van der Waals surface area (Å²) in [6.45, 7) is 0. The highest BCUT2D eigenvalue weighted by molar-refractivity contribution is 5.90. The van der Waals surface area contributed by atoms with Crippen LogP contribution in [0.5, 0.6) is 0 Å². The number of carbonyl (C=O) groups is 3. The van der Waals surface area contributed by atoms with Crippen molar-refractivity contribution in [3.63, 3.8) is 0 Å². The van der Waals surface area contributed by atoms with E-state index in [-0.39, 0.29) is 0 Å². The second-order valence-electron chi connectivity index (χ2n) is 4.64. The summed E-state index contributed by atoms with van der Waals surface area (Å²) in [6, 6.07) is -1.84. The van der Waals surface area contributed by atoms with Crippen LogP contribution in [0.4, 0.5) is 0 Å². The average molecular weight is 249 g/mol. The lowest BCUT2D eigenvalue weighted by Gasteiger charge is -2.39. The van der Waals surface area contributed by atoms with Crippen LogP contribution in [-0.2, 0) is 14.4 Å². The summed E-state index contributed by atoms with van der Waals surface area (Å²) in [4.78, 5) is 32.4. The van der Waals surface area contributed by atoms with Gasteiger partial charge in [-0.2, -0.15) is 0 Å². The third kappa shape index (κ3) is 3.40. The summed E-state index contributed by atoms with van der Waals surface area (Å²) in [5.41, 5.74) is -2.93. The molecule has 1 unspecified atom stereocenters. The van der Waals surface area contributed by atoms with Gasteiger partial charge in [0, 0.05) is 12.4 Å². The minimum Gasteiger partial charge on any atom is -0.550 e. The highest BCUT2D eigenvalue weighted by atomic mass is 16.4. The van der Waals surface area contributed by atoms with Gasteiger partial charge in [-0.1, -0.05) is 0 Å². The molecule has 0 aliphatic carbocycles. The number of hydrogen-bond acceptors (Lipinski definition) is 5. The van der Waals surface area contributed by atoms with Crippen LogP contribution in [0.25, 0.3) is 0 Å². The predicted molar refractivity (Wildman–Crippen MR) is 51.7 cm³/mol. The molecule has 0 radical (unpaired) electrons. The molecule has 0 saturated heterocycles. The number of quaternary nitrogens is 1. The van der Waals surface area contributed by atoms with Gasteiger partial charge in [0.1, 0.15) is 0 Å². The zero-order valence-corrected chi connectivity index (χ0v) is 9.71. The fourth-order valence-corrected chi connectivity index (χ4v) is 1.69. The fourth-order valence-electron chi connectivity index (χ4n) is 1.69. The third-order valence-corrected chi connectivity index (χ3v) is 2.25. The van der Waals surface area contributed by atoms with Crippen molar-refractivity contribution < 1.29 is 39.3 Å². The number of aliphatic carboxylic acids is 3. The molecule has 8 nitrogen and oxygen atoms in total. The Morgan fingerprint density at radius 3 is 1.82 bits per heavy atom. The molecule has 0 aromatic rings. The van der Waals surface area contributed by atoms with E-state index in [2.05, 4.69) is 0 Å². The minimum atomic E-state index is -2.93. The number of likely N-dealkylation sites (N-methyl/N-ethyl adjacent to an activating group) is 1. The van der Waals surface area contributed by atoms with Crippen LogP contribution in [0.15, 0.2) is 0 Å². The minimum absolute atomic E-state index is 0.453. The lowest BCUT2D eigenvalue weighted by atomic mass is 9.88. The molecule has 0 amide bonds. The number of carboxylic acids is 3. The van der Waals surface area contributed by atoms with E-state index in [1.54, 1.807) is 0 Å². The SMILES string of the molecule is C[N+](C)(C)C(C(=O)O)[C@](O)(CC(=O)[O-])C(=O)O. The molecule has 98 valence electrons. The Morgan fingerprint density at radius 2 is 1.65 bits per heavy atom. The quantitative estimate of drug-likeness (QED) is 0.430. The largest absolute Gasteiger partial charge is 0.550 e. The second kappa shape index (κ2) is 4.68. The van der Waals surface area contributed by atoms with Crippen molar-refractivity contribution in [1.29, 1.82) is 0 Å². The topological polar surface area (TPSA) is 135 Å². The monoisotopic (exact) mass is 249 g/mol. The Kier molecular flexibility index (Phi) is 4.22. The predicted octanol–water partition coefficient (Wildman–Crippen LogP) is -2.90. The van der Waals surface area contributed by atoms with Gasteiger partial charge in [0.25, 0.3) is 0 Å². The lowest BCUT2D eigenvalue weighted by molar-refractivity contribution is -0.893. The third-order valence-electron chi connectivity index (χ3n) is 2.25. The normalized spacial score (nSPS) is 16.9. The molecule has 0 rings (SSSR count). The molecule has 0 heterocycles. The molecular formula is C9H15NO7. The molecule has 2 atom stereocenters. The zero-order valence-electron chi connectivity index (χ0n) is 9.71. The molecule has 17 heavy (non-hydrogen) atoms. The molecule has 0 aromatic heterocycles. The van der Waals surface area contributed by atoms with Gasteiger partial charge in [-0.15, -0.1) is 0 Å². The average Bonchev–Trinajstić information content (AvgIpc) is 1.96. The molecule has 0 bridgehead atoms. The van der Waals surface area contributed by atoms with E-state index >= 15 is 0 Å². The molecule has 0 aliphatic heterocycles. The van der Waals surface area contributed by atoms with Gasteiger partial charge in [0.2, 0.25) is 11.6 Å². The fraction of sp³-hybridized carbons (Fsp3) is 0.667. The molecule has 0 aromatic carbocycles. The number of nitrogens with zero attached hydrogens (tertiary/aromatic N) is 1. The smallest absolute Gasteiger partial charge is 0.366 e. The Balaban J connectivity index is 5.63. The highest BCUT2D eigenvalue weighted by Gasteiger charge is 2.56. The van der Waals surface area contributed by atoms with E-state index in [0.29, 0.717) is 0 Å². The van der Waals surface area contributed by atoms with Crippen LogP contribution < -0.4 is 5.11 Å². The van der Waals surface area contributed by atoms with Crippen LogP contribution in [0, 0.1) is 0 Å². The van der Waals surface area contributed by atoms with Gasteiger partial charge in [-0.25, -0.2) is 9.59 Å². The van der Waals surface area contributed by atoms with Crippen molar-refractivity contribution in [3.8, 4) is 0 Å². The summed E-state index contributed by atoms with van der Waals surface area (Å²) in [5.74, 6) is -5.36. The maximum absolute atomic E-state index is 11.0. The van der Waals surface area contributed by atoms with Crippen molar-refractivity contribution in [2.24, 2.45) is 0 Å². The van der Waals surface area contributed by atoms with Crippen LogP contribution in [0.2, 0.25) is 0 Å². The number of aliphatic hydroxyl groups is 1. The van der Waals surface area contributed by atoms with E-state index in [4.69, 9.17) is 10.2 Å². The van der Waals surface area contributed by atoms with Crippen LogP contribution in [0.3, 0.4) is 0 Å². The summed E-state index contributed by atoms with van der Waals surface area (Å²) >= 11 is 0. The standard InChI is InChI=1S/C9H15NO7/c1-10(2,3)6(7(13)14)9(17,8(15)16)4-5(11)12/h6,17H,4H2,1-3H3,(H2-,11,12,13,14,15,16)/t6?,9-/m1/s1. The van der Waals surface area contributed by atoms with Crippen molar-refractivity contribution in [3.05, 3.63) is 0 Å². The summed E-state index contributed by atoms with van der Waals surface area (Å²) < 4.78 is -0.453. The van der Waals surface area contributed by atoms with Crippen molar-refractivity contribution in [2.45, 2.75) is 18.1 Å². The van der Waals surface area contributed by atoms with Gasteiger partial charge in [0.05, 0.1) is 21.1 Å². The molecule has 8 heteroatoms. The number of hydrogen-bond donors (Lipinski definition) is 3. The second-order valence-corrected chi connectivity index (χ2v) is 4.64. The zero-order chi connectivity index (χ0) is 14.0. The van der Waals surface area contributed by atoms with E-state index in [1.165, 1.54) is 21.1 Å². The Bertz CT molecular complexity index is 346. The molecule has 3 N–H and O–H groups in total. The number of rotatable bonds is 6. The van der Waals surface area contributed by atoms with E-state index < -0.39 is 40.5 Å². The first-order valence-electron chi connectivity index (χ1n) is 4.62. The molecule has 0 saturated carbocycles. The van der Waals surface area contributed by atoms with Gasteiger partial charge in [-0.05, 0) is 0 Å². The van der Waals surface area contributed by atoms with Gasteiger partial charge >= 0.3 is 11.9 Å². The van der Waals surface area contributed by atoms with E-state index in [1.807, 2.05) is 0 Å². The maximum atomic E-state index is 11.0. The van der Waals surface area contributed by atoms with Crippen LogP contribution >= 0.6 is 0 Å². The van der Waals surface area contributed by atoms with Crippen LogP contribution in [-0.4, -0.2) is 70.5 Å². The maximum Gasteiger partial charge on any atom is 0.366 e. The highest BCUT2D eigenvalue weighted by Crippen LogP contribution is 2.23. The van der Waals surface area contributed by atoms with Gasteiger partial charge in [0.15, 0.2) is 0 Å². The van der Waals surface area contributed by atoms with Crippen molar-refractivity contribution in [1.82, 2.24) is 0 Å². The Morgan fingerprint density at radius 1 is 1.24 bits per heavy atom. The summed E-state index contributed by atoms with van der Waals surface area (Å²) in [5, 5.41) is 38.1. The molecule has 0 spiro atoms. The Labute approximate surface area is 97.3 Å². The van der Waals surface area contributed by atoms with Crippen molar-refractivity contribution >= 4 is 17.9 Å². The first-order chi connectivity index (χ1) is 7.43. The Hall–Kier alpha value is -1.67. The number of carbonyl (C=O) groups excluding carboxylic acids is 1. The molecule has 0 aliphatic rings. The first kappa shape index (κ1) is 15.3. The van der Waals surface area contributed by atoms with Gasteiger partial charge in [-0.3, -0.25) is 0 Å². The number of carboxylic acid groups (broad SMARTS) is 3. The van der Waals surface area contributed by atoms with Crippen molar-refractivity contribution in [2.75, 3.05) is 21.1 Å². The summed E-state index contributed by atoms with van der Waals surface area (Å²) in [6.07, 6.45) is -1.30. The van der Waals surface area contributed by atoms with E-state index in [0.717, 1.165) is 0 Å². The van der Waals surface area contributed by atoms with Gasteiger partial charge < -0.3 is 29.7 Å². The first-order valence-corrected chi connectivity index (χ1v) is 4.62. The molecule has 0 fully saturated rings. The van der Waals surface area contributed by atoms with E-state index in [9.17, 15) is 24.6 Å². The lowest BCUT2D eigenvalue weighted by Crippen LogP contribution is -2.67. The summed E-state index contributed by atoms with van der Waals surface area (Å²) in [7, 11) is 4.01. The van der Waals surface area contributed by atoms with Crippen LogP contribution in [0.1, 0.15) is 6.42 Å².